The first kappa shape index (κ1) is 15.3. The van der Waals surface area contributed by atoms with E-state index in [0.717, 1.165) is 18.2 Å². The van der Waals surface area contributed by atoms with Gasteiger partial charge in [0.1, 0.15) is 0 Å². The van der Waals surface area contributed by atoms with Crippen LogP contribution < -0.4 is 0 Å². The molecule has 1 aromatic rings. The molecule has 6 nitrogen and oxygen atoms in total. The van der Waals surface area contributed by atoms with Crippen molar-refractivity contribution in [2.45, 2.75) is 0 Å². The summed E-state index contributed by atoms with van der Waals surface area (Å²) in [7, 11) is 0. The molecule has 0 aliphatic carbocycles. The van der Waals surface area contributed by atoms with Crippen molar-refractivity contribution in [1.82, 2.24) is 0 Å². The van der Waals surface area contributed by atoms with E-state index >= 15 is 0 Å². The van der Waals surface area contributed by atoms with E-state index in [1.165, 1.54) is 0 Å². The Bertz CT molecular complexity index is 453. The number of hydrogen-bond donors (Lipinski definition) is 3. The predicted molar refractivity (Wildman–Crippen MR) is 54.5 cm³/mol. The van der Waals surface area contributed by atoms with Gasteiger partial charge in [0.05, 0.1) is 16.7 Å². The minimum atomic E-state index is -1.48. The summed E-state index contributed by atoms with van der Waals surface area (Å²) in [6.45, 7) is 0. The van der Waals surface area contributed by atoms with E-state index in [-0.39, 0.29) is 56.9 Å². The van der Waals surface area contributed by atoms with Gasteiger partial charge < -0.3 is 15.3 Å². The summed E-state index contributed by atoms with van der Waals surface area (Å²) in [4.78, 5) is 31.8. The van der Waals surface area contributed by atoms with Crippen LogP contribution in [0.4, 0.5) is 0 Å². The van der Waals surface area contributed by atoms with Gasteiger partial charge >= 0.3 is 69.3 Å². The molecule has 7 heteroatoms. The second-order valence-electron chi connectivity index (χ2n) is 2.68. The Morgan fingerprint density at radius 3 is 1.69 bits per heavy atom. The SMILES string of the molecule is O=C(O)c1ccc(C(=O)O)c(C(=O)O)c1.[KH]. The molecule has 0 atom stereocenters. The van der Waals surface area contributed by atoms with Crippen LogP contribution in [0.1, 0.15) is 31.1 Å². The Balaban J connectivity index is 0.00000225. The summed E-state index contributed by atoms with van der Waals surface area (Å²) in [5, 5.41) is 25.9. The Morgan fingerprint density at radius 2 is 1.31 bits per heavy atom. The van der Waals surface area contributed by atoms with Crippen LogP contribution in [0.3, 0.4) is 0 Å². The maximum atomic E-state index is 10.6. The molecule has 0 aromatic heterocycles. The number of carboxylic acid groups (broad SMARTS) is 3. The van der Waals surface area contributed by atoms with Crippen molar-refractivity contribution >= 4 is 69.3 Å². The Hall–Kier alpha value is -0.734. The van der Waals surface area contributed by atoms with Crippen molar-refractivity contribution in [2.75, 3.05) is 0 Å². The van der Waals surface area contributed by atoms with Crippen molar-refractivity contribution in [3.05, 3.63) is 34.9 Å². The third-order valence-corrected chi connectivity index (χ3v) is 1.73. The molecule has 0 bridgehead atoms. The molecule has 3 N–H and O–H groups in total. The Labute approximate surface area is 132 Å². The molecule has 1 aromatic carbocycles. The average Bonchev–Trinajstić information content (AvgIpc) is 2.16. The van der Waals surface area contributed by atoms with Crippen LogP contribution in [0.15, 0.2) is 18.2 Å². The van der Waals surface area contributed by atoms with Crippen LogP contribution in [0, 0.1) is 0 Å². The first-order valence-electron chi connectivity index (χ1n) is 3.77. The molecule has 0 aliphatic heterocycles. The van der Waals surface area contributed by atoms with E-state index in [0.29, 0.717) is 0 Å². The van der Waals surface area contributed by atoms with Crippen LogP contribution in [0.5, 0.6) is 0 Å². The fourth-order valence-corrected chi connectivity index (χ4v) is 1.04. The minimum absolute atomic E-state index is 0. The third kappa shape index (κ3) is 3.39. The summed E-state index contributed by atoms with van der Waals surface area (Å²) in [5.74, 6) is -4.20. The normalized spacial score (nSPS) is 9.00. The zero-order valence-electron chi connectivity index (χ0n) is 7.30. The first-order valence-corrected chi connectivity index (χ1v) is 3.77. The van der Waals surface area contributed by atoms with Gasteiger partial charge in [-0.2, -0.15) is 0 Å². The van der Waals surface area contributed by atoms with Crippen molar-refractivity contribution in [3.63, 3.8) is 0 Å². The summed E-state index contributed by atoms with van der Waals surface area (Å²) in [6.07, 6.45) is 0. The molecule has 0 fully saturated rings. The molecule has 1 rings (SSSR count). The molecular formula is C9H7KO6. The van der Waals surface area contributed by atoms with Crippen LogP contribution >= 0.6 is 0 Å². The van der Waals surface area contributed by atoms with E-state index in [1.807, 2.05) is 0 Å². The number of benzene rings is 1. The van der Waals surface area contributed by atoms with Crippen LogP contribution in [-0.4, -0.2) is 84.6 Å². The standard InChI is InChI=1S/C9H6O6.K.H/c10-7(11)4-1-2-5(8(12)13)6(3-4)9(14)15;;/h1-3H,(H,10,11)(H,12,13)(H,14,15);;. The zero-order chi connectivity index (χ0) is 11.6. The summed E-state index contributed by atoms with van der Waals surface area (Å²) >= 11 is 0. The van der Waals surface area contributed by atoms with E-state index in [4.69, 9.17) is 15.3 Å². The number of carbonyl (C=O) groups is 3. The topological polar surface area (TPSA) is 112 Å². The van der Waals surface area contributed by atoms with Gasteiger partial charge in [-0.15, -0.1) is 0 Å². The van der Waals surface area contributed by atoms with Crippen LogP contribution in [-0.2, 0) is 0 Å². The van der Waals surface area contributed by atoms with Gasteiger partial charge in [-0.05, 0) is 18.2 Å². The fraction of sp³-hybridized carbons (Fsp3) is 0. The van der Waals surface area contributed by atoms with Gasteiger partial charge in [0.2, 0.25) is 0 Å². The summed E-state index contributed by atoms with van der Waals surface area (Å²) in [5.41, 5.74) is -1.24. The number of carboxylic acids is 3. The summed E-state index contributed by atoms with van der Waals surface area (Å²) in [6, 6.07) is 2.81. The Morgan fingerprint density at radius 1 is 0.812 bits per heavy atom. The van der Waals surface area contributed by atoms with Gasteiger partial charge in [0.25, 0.3) is 0 Å². The monoisotopic (exact) mass is 250 g/mol. The molecule has 0 amide bonds. The second kappa shape index (κ2) is 6.11. The third-order valence-electron chi connectivity index (χ3n) is 1.73. The van der Waals surface area contributed by atoms with Gasteiger partial charge in [0.15, 0.2) is 0 Å². The molecule has 0 radical (unpaired) electrons. The maximum absolute atomic E-state index is 10.6. The molecule has 0 saturated heterocycles. The van der Waals surface area contributed by atoms with Gasteiger partial charge in [-0.25, -0.2) is 14.4 Å². The molecule has 0 aliphatic rings. The second-order valence-corrected chi connectivity index (χ2v) is 2.68. The van der Waals surface area contributed by atoms with E-state index in [2.05, 4.69) is 0 Å². The van der Waals surface area contributed by atoms with E-state index in [1.54, 1.807) is 0 Å². The van der Waals surface area contributed by atoms with Crippen LogP contribution in [0.25, 0.3) is 0 Å². The quantitative estimate of drug-likeness (QED) is 0.657. The van der Waals surface area contributed by atoms with Gasteiger partial charge in [0, 0.05) is 0 Å². The number of hydrogen-bond acceptors (Lipinski definition) is 3. The molecule has 80 valence electrons. The first-order chi connectivity index (χ1) is 6.93. The van der Waals surface area contributed by atoms with Crippen molar-refractivity contribution in [1.29, 1.82) is 0 Å². The van der Waals surface area contributed by atoms with Gasteiger partial charge in [-0.1, -0.05) is 0 Å². The van der Waals surface area contributed by atoms with E-state index < -0.39 is 29.0 Å². The predicted octanol–water partition coefficient (Wildman–Crippen LogP) is 0.133. The number of aromatic carboxylic acids is 3. The van der Waals surface area contributed by atoms with E-state index in [9.17, 15) is 14.4 Å². The molecular weight excluding hydrogens is 243 g/mol. The summed E-state index contributed by atoms with van der Waals surface area (Å²) < 4.78 is 0. The molecule has 0 heterocycles. The van der Waals surface area contributed by atoms with Crippen molar-refractivity contribution < 1.29 is 29.7 Å². The zero-order valence-corrected chi connectivity index (χ0v) is 7.30. The molecule has 0 unspecified atom stereocenters. The molecule has 0 saturated carbocycles. The fourth-order valence-electron chi connectivity index (χ4n) is 1.04. The number of rotatable bonds is 3. The van der Waals surface area contributed by atoms with Crippen LogP contribution in [0.2, 0.25) is 0 Å². The Kier molecular flexibility index (Phi) is 5.83. The molecule has 0 spiro atoms. The van der Waals surface area contributed by atoms with Crippen molar-refractivity contribution in [2.24, 2.45) is 0 Å². The van der Waals surface area contributed by atoms with Gasteiger partial charge in [-0.3, -0.25) is 0 Å². The molecule has 16 heavy (non-hydrogen) atoms. The van der Waals surface area contributed by atoms with Crippen molar-refractivity contribution in [3.8, 4) is 0 Å². The average molecular weight is 250 g/mol.